The van der Waals surface area contributed by atoms with Crippen LogP contribution >= 0.6 is 11.8 Å². The summed E-state index contributed by atoms with van der Waals surface area (Å²) < 4.78 is 34.4. The summed E-state index contributed by atoms with van der Waals surface area (Å²) >= 11 is 1.17. The molecular formula is C16H19F2N5O2S. The van der Waals surface area contributed by atoms with Crippen molar-refractivity contribution in [2.24, 2.45) is 0 Å². The van der Waals surface area contributed by atoms with Crippen molar-refractivity contribution in [1.82, 2.24) is 14.8 Å². The SMILES string of the molecule is CCn1c(SCC(=O)Nc2c(F)cccc2F)nnc1N1CCOCC1. The van der Waals surface area contributed by atoms with E-state index >= 15 is 0 Å². The lowest BCUT2D eigenvalue weighted by Crippen LogP contribution is -2.38. The summed E-state index contributed by atoms with van der Waals surface area (Å²) in [6, 6.07) is 3.42. The molecule has 2 heterocycles. The lowest BCUT2D eigenvalue weighted by molar-refractivity contribution is -0.113. The number of thioether (sulfide) groups is 1. The minimum Gasteiger partial charge on any atom is -0.378 e. The number of para-hydroxylation sites is 1. The molecule has 0 aliphatic carbocycles. The van der Waals surface area contributed by atoms with E-state index in [9.17, 15) is 13.6 Å². The molecule has 0 unspecified atom stereocenters. The third kappa shape index (κ3) is 4.13. The van der Waals surface area contributed by atoms with Crippen molar-refractivity contribution in [3.63, 3.8) is 0 Å². The number of benzene rings is 1. The van der Waals surface area contributed by atoms with Gasteiger partial charge in [0.1, 0.15) is 17.3 Å². The number of aromatic nitrogens is 3. The van der Waals surface area contributed by atoms with Crippen LogP contribution in [-0.2, 0) is 16.1 Å². The summed E-state index contributed by atoms with van der Waals surface area (Å²) in [7, 11) is 0. The maximum Gasteiger partial charge on any atom is 0.235 e. The topological polar surface area (TPSA) is 72.3 Å². The number of carbonyl (C=O) groups is 1. The fourth-order valence-corrected chi connectivity index (χ4v) is 3.38. The Morgan fingerprint density at radius 3 is 2.62 bits per heavy atom. The molecule has 1 fully saturated rings. The van der Waals surface area contributed by atoms with Gasteiger partial charge in [0.15, 0.2) is 5.16 Å². The van der Waals surface area contributed by atoms with E-state index in [1.54, 1.807) is 0 Å². The van der Waals surface area contributed by atoms with Gasteiger partial charge in [0, 0.05) is 19.6 Å². The molecule has 0 atom stereocenters. The van der Waals surface area contributed by atoms with Gasteiger partial charge in [0.25, 0.3) is 0 Å². The Kier molecular flexibility index (Phi) is 6.04. The fourth-order valence-electron chi connectivity index (χ4n) is 2.58. The Morgan fingerprint density at radius 1 is 1.27 bits per heavy atom. The Balaban J connectivity index is 1.64. The summed E-state index contributed by atoms with van der Waals surface area (Å²) in [6.45, 7) is 5.34. The Labute approximate surface area is 153 Å². The monoisotopic (exact) mass is 383 g/mol. The van der Waals surface area contributed by atoms with E-state index in [2.05, 4.69) is 20.4 Å². The van der Waals surface area contributed by atoms with Crippen molar-refractivity contribution in [2.45, 2.75) is 18.6 Å². The van der Waals surface area contributed by atoms with Crippen LogP contribution in [0.25, 0.3) is 0 Å². The van der Waals surface area contributed by atoms with Gasteiger partial charge in [-0.1, -0.05) is 17.8 Å². The summed E-state index contributed by atoms with van der Waals surface area (Å²) in [4.78, 5) is 14.1. The Hall–Kier alpha value is -2.20. The molecule has 1 saturated heterocycles. The number of hydrogen-bond acceptors (Lipinski definition) is 6. The molecule has 1 N–H and O–H groups in total. The van der Waals surface area contributed by atoms with Crippen LogP contribution in [0.4, 0.5) is 20.4 Å². The lowest BCUT2D eigenvalue weighted by Gasteiger charge is -2.27. The van der Waals surface area contributed by atoms with Crippen LogP contribution in [0.5, 0.6) is 0 Å². The van der Waals surface area contributed by atoms with E-state index in [0.29, 0.717) is 24.9 Å². The largest absolute Gasteiger partial charge is 0.378 e. The summed E-state index contributed by atoms with van der Waals surface area (Å²) in [5.41, 5.74) is -0.441. The molecule has 0 spiro atoms. The van der Waals surface area contributed by atoms with Gasteiger partial charge >= 0.3 is 0 Å². The van der Waals surface area contributed by atoms with Gasteiger partial charge < -0.3 is 15.0 Å². The molecule has 1 aliphatic rings. The quantitative estimate of drug-likeness (QED) is 0.771. The average molecular weight is 383 g/mol. The normalized spacial score (nSPS) is 14.5. The third-order valence-corrected chi connectivity index (χ3v) is 4.83. The number of nitrogens with one attached hydrogen (secondary N) is 1. The van der Waals surface area contributed by atoms with E-state index in [1.807, 2.05) is 11.5 Å². The van der Waals surface area contributed by atoms with Crippen LogP contribution < -0.4 is 10.2 Å². The van der Waals surface area contributed by atoms with Crippen molar-refractivity contribution in [3.8, 4) is 0 Å². The van der Waals surface area contributed by atoms with Crippen LogP contribution in [0.15, 0.2) is 23.4 Å². The smallest absolute Gasteiger partial charge is 0.235 e. The van der Waals surface area contributed by atoms with Gasteiger partial charge in [-0.15, -0.1) is 10.2 Å². The number of carbonyl (C=O) groups excluding carboxylic acids is 1. The van der Waals surface area contributed by atoms with Crippen LogP contribution in [0.1, 0.15) is 6.92 Å². The van der Waals surface area contributed by atoms with E-state index in [4.69, 9.17) is 4.74 Å². The van der Waals surface area contributed by atoms with Gasteiger partial charge in [-0.2, -0.15) is 0 Å². The fraction of sp³-hybridized carbons (Fsp3) is 0.438. The van der Waals surface area contributed by atoms with Crippen molar-refractivity contribution >= 4 is 29.3 Å². The van der Waals surface area contributed by atoms with Crippen molar-refractivity contribution in [1.29, 1.82) is 0 Å². The highest BCUT2D eigenvalue weighted by atomic mass is 32.2. The summed E-state index contributed by atoms with van der Waals surface area (Å²) in [5, 5.41) is 11.2. The number of nitrogens with zero attached hydrogens (tertiary/aromatic N) is 4. The zero-order valence-corrected chi connectivity index (χ0v) is 15.1. The molecule has 0 bridgehead atoms. The van der Waals surface area contributed by atoms with E-state index in [-0.39, 0.29) is 5.75 Å². The minimum absolute atomic E-state index is 0.0327. The van der Waals surface area contributed by atoms with Crippen molar-refractivity contribution in [3.05, 3.63) is 29.8 Å². The molecule has 2 aromatic rings. The van der Waals surface area contributed by atoms with Crippen LogP contribution in [0.2, 0.25) is 0 Å². The van der Waals surface area contributed by atoms with Gasteiger partial charge in [0.2, 0.25) is 11.9 Å². The predicted molar refractivity (Wildman–Crippen MR) is 94.4 cm³/mol. The first-order chi connectivity index (χ1) is 12.6. The average Bonchev–Trinajstić information content (AvgIpc) is 3.07. The number of rotatable bonds is 6. The number of ether oxygens (including phenoxy) is 1. The maximum absolute atomic E-state index is 13.6. The van der Waals surface area contributed by atoms with E-state index < -0.39 is 23.2 Å². The molecule has 1 aromatic heterocycles. The molecule has 1 amide bonds. The maximum atomic E-state index is 13.6. The summed E-state index contributed by atoms with van der Waals surface area (Å²) in [6.07, 6.45) is 0. The Bertz CT molecular complexity index is 760. The molecule has 140 valence electrons. The third-order valence-electron chi connectivity index (χ3n) is 3.87. The van der Waals surface area contributed by atoms with Gasteiger partial charge in [-0.05, 0) is 19.1 Å². The zero-order chi connectivity index (χ0) is 18.5. The van der Waals surface area contributed by atoms with Crippen molar-refractivity contribution < 1.29 is 18.3 Å². The zero-order valence-electron chi connectivity index (χ0n) is 14.2. The number of morpholine rings is 1. The number of hydrogen-bond donors (Lipinski definition) is 1. The standard InChI is InChI=1S/C16H19F2N5O2S/c1-2-23-15(22-6-8-25-9-7-22)20-21-16(23)26-10-13(24)19-14-11(17)4-3-5-12(14)18/h3-5H,2,6-10H2,1H3,(H,19,24). The van der Waals surface area contributed by atoms with E-state index in [1.165, 1.54) is 17.8 Å². The molecule has 10 heteroatoms. The first kappa shape index (κ1) is 18.6. The van der Waals surface area contributed by atoms with Crippen LogP contribution in [0, 0.1) is 11.6 Å². The first-order valence-electron chi connectivity index (χ1n) is 8.22. The summed E-state index contributed by atoms with van der Waals surface area (Å²) in [5.74, 6) is -1.43. The molecule has 1 aromatic carbocycles. The van der Waals surface area contributed by atoms with E-state index in [0.717, 1.165) is 31.2 Å². The number of anilines is 2. The highest BCUT2D eigenvalue weighted by molar-refractivity contribution is 7.99. The molecule has 26 heavy (non-hydrogen) atoms. The lowest BCUT2D eigenvalue weighted by atomic mass is 10.3. The van der Waals surface area contributed by atoms with Crippen molar-refractivity contribution in [2.75, 3.05) is 42.3 Å². The minimum atomic E-state index is -0.810. The molecule has 3 rings (SSSR count). The molecule has 1 aliphatic heterocycles. The second-order valence-corrected chi connectivity index (χ2v) is 6.50. The first-order valence-corrected chi connectivity index (χ1v) is 9.21. The Morgan fingerprint density at radius 2 is 1.96 bits per heavy atom. The second kappa shape index (κ2) is 8.45. The predicted octanol–water partition coefficient (Wildman–Crippen LogP) is 2.14. The highest BCUT2D eigenvalue weighted by Crippen LogP contribution is 2.23. The van der Waals surface area contributed by atoms with Gasteiger partial charge in [0.05, 0.1) is 19.0 Å². The second-order valence-electron chi connectivity index (χ2n) is 5.56. The van der Waals surface area contributed by atoms with Crippen LogP contribution in [0.3, 0.4) is 0 Å². The molecule has 7 nitrogen and oxygen atoms in total. The molecule has 0 saturated carbocycles. The number of amides is 1. The molecular weight excluding hydrogens is 364 g/mol. The van der Waals surface area contributed by atoms with Crippen LogP contribution in [-0.4, -0.2) is 52.7 Å². The number of halogens is 2. The van der Waals surface area contributed by atoms with Gasteiger partial charge in [-0.25, -0.2) is 8.78 Å². The molecule has 0 radical (unpaired) electrons. The highest BCUT2D eigenvalue weighted by Gasteiger charge is 2.20. The van der Waals surface area contributed by atoms with Gasteiger partial charge in [-0.3, -0.25) is 9.36 Å².